The first kappa shape index (κ1) is 24.7. The van der Waals surface area contributed by atoms with E-state index in [-0.39, 0.29) is 47.3 Å². The molecule has 1 N–H and O–H groups in total. The first-order valence-corrected chi connectivity index (χ1v) is 12.8. The highest BCUT2D eigenvalue weighted by Crippen LogP contribution is 2.41. The largest absolute Gasteiger partial charge is 0.342 e. The lowest BCUT2D eigenvalue weighted by Gasteiger charge is -2.44. The van der Waals surface area contributed by atoms with Gasteiger partial charge in [0.1, 0.15) is 11.4 Å². The maximum atomic E-state index is 14.0. The Kier molecular flexibility index (Phi) is 7.02. The summed E-state index contributed by atoms with van der Waals surface area (Å²) >= 11 is 0. The molecule has 3 fully saturated rings. The zero-order chi connectivity index (χ0) is 24.5. The van der Waals surface area contributed by atoms with Crippen molar-refractivity contribution in [2.75, 3.05) is 19.6 Å². The molecule has 1 aliphatic carbocycles. The summed E-state index contributed by atoms with van der Waals surface area (Å²) in [6, 6.07) is 5.89. The van der Waals surface area contributed by atoms with Crippen LogP contribution < -0.4 is 5.32 Å². The molecule has 2 heterocycles. The summed E-state index contributed by atoms with van der Waals surface area (Å²) in [5, 5.41) is 3.04. The molecular formula is C27H38FN3O3. The van der Waals surface area contributed by atoms with Crippen molar-refractivity contribution in [3.63, 3.8) is 0 Å². The van der Waals surface area contributed by atoms with E-state index >= 15 is 0 Å². The van der Waals surface area contributed by atoms with Crippen molar-refractivity contribution in [3.05, 3.63) is 35.6 Å². The SMILES string of the molecule is CC(C)CN1C(=O)N[C@](Cc2cccc(F)c2)(C2CCN(C(=O)C3(C)CCCCC3)CC2)C1=O. The number of imide groups is 1. The number of hydrogen-bond acceptors (Lipinski definition) is 3. The van der Waals surface area contributed by atoms with Crippen molar-refractivity contribution < 1.29 is 18.8 Å². The Hall–Kier alpha value is -2.44. The molecule has 0 unspecified atom stereocenters. The van der Waals surface area contributed by atoms with E-state index in [0.717, 1.165) is 25.7 Å². The molecular weight excluding hydrogens is 433 g/mol. The standard InChI is InChI=1S/C27H38FN3O3/c1-19(2)18-31-24(33)27(29-25(31)34,17-20-8-7-9-22(28)16-20)21-10-14-30(15-11-21)23(32)26(3)12-5-4-6-13-26/h7-9,16,19,21H,4-6,10-15,17-18H2,1-3H3,(H,29,34)/t27-/m1/s1. The lowest BCUT2D eigenvalue weighted by atomic mass is 9.72. The summed E-state index contributed by atoms with van der Waals surface area (Å²) in [4.78, 5) is 43.3. The van der Waals surface area contributed by atoms with Crippen LogP contribution in [0.1, 0.15) is 71.3 Å². The fourth-order valence-corrected chi connectivity index (χ4v) is 6.19. The van der Waals surface area contributed by atoms with Gasteiger partial charge in [0.25, 0.3) is 5.91 Å². The van der Waals surface area contributed by atoms with Crippen LogP contribution in [0.3, 0.4) is 0 Å². The van der Waals surface area contributed by atoms with Gasteiger partial charge in [0.2, 0.25) is 5.91 Å². The fraction of sp³-hybridized carbons (Fsp3) is 0.667. The topological polar surface area (TPSA) is 69.7 Å². The van der Waals surface area contributed by atoms with Gasteiger partial charge >= 0.3 is 6.03 Å². The van der Waals surface area contributed by atoms with E-state index in [2.05, 4.69) is 12.2 Å². The molecule has 186 valence electrons. The van der Waals surface area contributed by atoms with Crippen LogP contribution in [-0.4, -0.2) is 52.8 Å². The number of hydrogen-bond donors (Lipinski definition) is 1. The number of amides is 4. The number of urea groups is 1. The lowest BCUT2D eigenvalue weighted by molar-refractivity contribution is -0.145. The van der Waals surface area contributed by atoms with E-state index in [9.17, 15) is 18.8 Å². The summed E-state index contributed by atoms with van der Waals surface area (Å²) < 4.78 is 14.0. The number of halogens is 1. The Morgan fingerprint density at radius 3 is 2.44 bits per heavy atom. The Balaban J connectivity index is 1.55. The summed E-state index contributed by atoms with van der Waals surface area (Å²) in [7, 11) is 0. The van der Waals surface area contributed by atoms with E-state index < -0.39 is 5.54 Å². The van der Waals surface area contributed by atoms with Gasteiger partial charge in [0.05, 0.1) is 0 Å². The van der Waals surface area contributed by atoms with Crippen LogP contribution >= 0.6 is 0 Å². The van der Waals surface area contributed by atoms with E-state index in [1.165, 1.54) is 23.5 Å². The highest BCUT2D eigenvalue weighted by Gasteiger charge is 2.56. The Labute approximate surface area is 202 Å². The molecule has 34 heavy (non-hydrogen) atoms. The molecule has 4 rings (SSSR count). The van der Waals surface area contributed by atoms with E-state index in [0.29, 0.717) is 38.0 Å². The van der Waals surface area contributed by atoms with E-state index in [4.69, 9.17) is 0 Å². The monoisotopic (exact) mass is 471 g/mol. The van der Waals surface area contributed by atoms with Crippen molar-refractivity contribution in [1.29, 1.82) is 0 Å². The maximum Gasteiger partial charge on any atom is 0.325 e. The van der Waals surface area contributed by atoms with Gasteiger partial charge < -0.3 is 10.2 Å². The van der Waals surface area contributed by atoms with E-state index in [1.54, 1.807) is 12.1 Å². The molecule has 2 aliphatic heterocycles. The van der Waals surface area contributed by atoms with Gasteiger partial charge in [0.15, 0.2) is 0 Å². The number of nitrogens with one attached hydrogen (secondary N) is 1. The quantitative estimate of drug-likeness (QED) is 0.620. The summed E-state index contributed by atoms with van der Waals surface area (Å²) in [5.74, 6) is -0.319. The number of piperidine rings is 1. The number of carbonyl (C=O) groups is 3. The van der Waals surface area contributed by atoms with Crippen molar-refractivity contribution in [1.82, 2.24) is 15.1 Å². The van der Waals surface area contributed by atoms with Crippen LogP contribution in [-0.2, 0) is 16.0 Å². The van der Waals surface area contributed by atoms with E-state index in [1.807, 2.05) is 18.7 Å². The highest BCUT2D eigenvalue weighted by atomic mass is 19.1. The predicted octanol–water partition coefficient (Wildman–Crippen LogP) is 4.52. The Morgan fingerprint density at radius 2 is 1.82 bits per heavy atom. The van der Waals surface area contributed by atoms with Crippen molar-refractivity contribution in [2.45, 2.75) is 77.7 Å². The number of carbonyl (C=O) groups excluding carboxylic acids is 3. The first-order chi connectivity index (χ1) is 16.1. The molecule has 2 saturated heterocycles. The van der Waals surface area contributed by atoms with Crippen LogP contribution in [0.5, 0.6) is 0 Å². The van der Waals surface area contributed by atoms with Gasteiger partial charge in [-0.15, -0.1) is 0 Å². The molecule has 1 aromatic rings. The predicted molar refractivity (Wildman–Crippen MR) is 128 cm³/mol. The molecule has 1 saturated carbocycles. The second-order valence-corrected chi connectivity index (χ2v) is 11.2. The average Bonchev–Trinajstić information content (AvgIpc) is 3.04. The number of nitrogens with zero attached hydrogens (tertiary/aromatic N) is 2. The summed E-state index contributed by atoms with van der Waals surface area (Å²) in [5.41, 5.74) is -0.701. The van der Waals surface area contributed by atoms with Crippen LogP contribution in [0.2, 0.25) is 0 Å². The third-order valence-electron chi connectivity index (χ3n) is 8.07. The molecule has 3 aliphatic rings. The zero-order valence-electron chi connectivity index (χ0n) is 20.7. The smallest absolute Gasteiger partial charge is 0.325 e. The van der Waals surface area contributed by atoms with Crippen molar-refractivity contribution in [2.24, 2.45) is 17.3 Å². The number of benzene rings is 1. The number of likely N-dealkylation sites (tertiary alicyclic amines) is 1. The maximum absolute atomic E-state index is 14.0. The Bertz CT molecular complexity index is 935. The minimum absolute atomic E-state index is 0.118. The molecule has 0 spiro atoms. The normalized spacial score (nSPS) is 25.7. The van der Waals surface area contributed by atoms with Crippen LogP contribution in [0.4, 0.5) is 9.18 Å². The fourth-order valence-electron chi connectivity index (χ4n) is 6.19. The Morgan fingerprint density at radius 1 is 1.15 bits per heavy atom. The van der Waals surface area contributed by atoms with Crippen LogP contribution in [0.25, 0.3) is 0 Å². The van der Waals surface area contributed by atoms with Crippen molar-refractivity contribution >= 4 is 17.8 Å². The third kappa shape index (κ3) is 4.71. The molecule has 0 bridgehead atoms. The minimum Gasteiger partial charge on any atom is -0.342 e. The van der Waals surface area contributed by atoms with Crippen molar-refractivity contribution in [3.8, 4) is 0 Å². The minimum atomic E-state index is -1.11. The molecule has 0 aromatic heterocycles. The van der Waals surface area contributed by atoms with Gasteiger partial charge in [-0.25, -0.2) is 9.18 Å². The second kappa shape index (κ2) is 9.67. The van der Waals surface area contributed by atoms with Crippen LogP contribution in [0, 0.1) is 23.1 Å². The summed E-state index contributed by atoms with van der Waals surface area (Å²) in [6.07, 6.45) is 6.80. The third-order valence-corrected chi connectivity index (χ3v) is 8.07. The second-order valence-electron chi connectivity index (χ2n) is 11.2. The van der Waals surface area contributed by atoms with Gasteiger partial charge in [-0.05, 0) is 55.2 Å². The molecule has 4 amide bonds. The molecule has 7 heteroatoms. The lowest BCUT2D eigenvalue weighted by Crippen LogP contribution is -2.58. The zero-order valence-corrected chi connectivity index (χ0v) is 20.7. The molecule has 0 radical (unpaired) electrons. The highest BCUT2D eigenvalue weighted by molar-refractivity contribution is 6.07. The van der Waals surface area contributed by atoms with Gasteiger partial charge in [-0.1, -0.05) is 52.2 Å². The molecule has 1 aromatic carbocycles. The molecule has 1 atom stereocenters. The first-order valence-electron chi connectivity index (χ1n) is 12.8. The van der Waals surface area contributed by atoms with Gasteiger partial charge in [0, 0.05) is 31.5 Å². The van der Waals surface area contributed by atoms with Gasteiger partial charge in [-0.3, -0.25) is 14.5 Å². The average molecular weight is 472 g/mol. The summed E-state index contributed by atoms with van der Waals surface area (Å²) in [6.45, 7) is 7.56. The molecule has 6 nitrogen and oxygen atoms in total. The van der Waals surface area contributed by atoms with Gasteiger partial charge in [-0.2, -0.15) is 0 Å². The number of rotatable bonds is 6. The van der Waals surface area contributed by atoms with Crippen LogP contribution in [0.15, 0.2) is 24.3 Å².